The summed E-state index contributed by atoms with van der Waals surface area (Å²) in [7, 11) is 0. The summed E-state index contributed by atoms with van der Waals surface area (Å²) in [5.74, 6) is -0.758. The standard InChI is InChI=1S/C25H17ClF9N3O2/c26-16-11-14(10-15(12-16)24(30,31)32)22(25(33,34)35)13-17(37-40-22)3-4-18-5-6-19(20-2-1-9-38(18)20)21(39)36-8-7-23(27,28)29/h1-6,9-12H,7-8,13H2,(H,36,39)/b4-3+. The summed E-state index contributed by atoms with van der Waals surface area (Å²) in [6.07, 6.45) is -12.7. The maximum atomic E-state index is 14.2. The van der Waals surface area contributed by atoms with E-state index in [1.807, 2.05) is 0 Å². The zero-order valence-corrected chi connectivity index (χ0v) is 20.6. The van der Waals surface area contributed by atoms with E-state index >= 15 is 0 Å². The molecule has 3 aromatic rings. The number of hydrogen-bond donors (Lipinski definition) is 1. The van der Waals surface area contributed by atoms with Crippen LogP contribution in [0, 0.1) is 0 Å². The van der Waals surface area contributed by atoms with Gasteiger partial charge in [0, 0.05) is 35.4 Å². The molecule has 0 saturated heterocycles. The van der Waals surface area contributed by atoms with Crippen LogP contribution in [0.4, 0.5) is 39.5 Å². The number of alkyl halides is 9. The molecule has 0 aliphatic carbocycles. The van der Waals surface area contributed by atoms with Crippen molar-refractivity contribution in [1.82, 2.24) is 9.72 Å². The number of nitrogens with zero attached hydrogens (tertiary/aromatic N) is 2. The van der Waals surface area contributed by atoms with Crippen molar-refractivity contribution in [2.24, 2.45) is 5.16 Å². The lowest BCUT2D eigenvalue weighted by atomic mass is 9.87. The van der Waals surface area contributed by atoms with E-state index in [1.165, 1.54) is 40.9 Å². The third-order valence-electron chi connectivity index (χ3n) is 6.01. The number of hydrogen-bond acceptors (Lipinski definition) is 3. The van der Waals surface area contributed by atoms with E-state index in [0.717, 1.165) is 6.07 Å². The number of benzene rings is 1. The highest BCUT2D eigenvalue weighted by molar-refractivity contribution is 6.30. The highest BCUT2D eigenvalue weighted by Gasteiger charge is 2.62. The van der Waals surface area contributed by atoms with Crippen molar-refractivity contribution < 1.29 is 49.1 Å². The van der Waals surface area contributed by atoms with Gasteiger partial charge in [-0.3, -0.25) is 4.79 Å². The van der Waals surface area contributed by atoms with E-state index in [0.29, 0.717) is 23.3 Å². The van der Waals surface area contributed by atoms with Crippen LogP contribution in [0.15, 0.2) is 59.9 Å². The summed E-state index contributed by atoms with van der Waals surface area (Å²) in [6.45, 7) is -0.630. The van der Waals surface area contributed by atoms with Gasteiger partial charge in [0.1, 0.15) is 0 Å². The second kappa shape index (κ2) is 10.4. The van der Waals surface area contributed by atoms with Gasteiger partial charge in [0.15, 0.2) is 0 Å². The Balaban J connectivity index is 1.59. The summed E-state index contributed by atoms with van der Waals surface area (Å²) in [5.41, 5.74) is -5.02. The number of carbonyl (C=O) groups excluding carboxylic acids is 1. The Hall–Kier alpha value is -3.68. The molecule has 15 heteroatoms. The predicted octanol–water partition coefficient (Wildman–Crippen LogP) is 7.54. The number of allylic oxidation sites excluding steroid dienone is 1. The number of oxime groups is 1. The minimum Gasteiger partial charge on any atom is -0.374 e. The highest BCUT2D eigenvalue weighted by Crippen LogP contribution is 2.49. The molecule has 4 rings (SSSR count). The van der Waals surface area contributed by atoms with Gasteiger partial charge >= 0.3 is 18.5 Å². The predicted molar refractivity (Wildman–Crippen MR) is 127 cm³/mol. The van der Waals surface area contributed by atoms with E-state index < -0.39 is 65.6 Å². The van der Waals surface area contributed by atoms with Crippen LogP contribution in [0.25, 0.3) is 11.6 Å². The van der Waals surface area contributed by atoms with Gasteiger partial charge in [0.2, 0.25) is 0 Å². The van der Waals surface area contributed by atoms with Gasteiger partial charge in [-0.2, -0.15) is 39.5 Å². The zero-order valence-electron chi connectivity index (χ0n) is 19.9. The summed E-state index contributed by atoms with van der Waals surface area (Å²) in [6, 6.07) is 7.32. The third kappa shape index (κ3) is 6.06. The Labute approximate surface area is 224 Å². The maximum Gasteiger partial charge on any atom is 0.435 e. The minimum absolute atomic E-state index is 0.0587. The fourth-order valence-corrected chi connectivity index (χ4v) is 4.32. The van der Waals surface area contributed by atoms with E-state index in [9.17, 15) is 44.3 Å². The average molecular weight is 598 g/mol. The van der Waals surface area contributed by atoms with Crippen LogP contribution >= 0.6 is 11.6 Å². The van der Waals surface area contributed by atoms with Gasteiger partial charge < -0.3 is 14.6 Å². The summed E-state index contributed by atoms with van der Waals surface area (Å²) < 4.78 is 121. The number of aromatic nitrogens is 1. The quantitative estimate of drug-likeness (QED) is 0.299. The molecule has 1 aromatic carbocycles. The van der Waals surface area contributed by atoms with Crippen molar-refractivity contribution in [3.63, 3.8) is 0 Å². The first-order valence-electron chi connectivity index (χ1n) is 11.3. The van der Waals surface area contributed by atoms with E-state index in [4.69, 9.17) is 16.4 Å². The lowest BCUT2D eigenvalue weighted by molar-refractivity contribution is -0.276. The smallest absolute Gasteiger partial charge is 0.374 e. The van der Waals surface area contributed by atoms with Gasteiger partial charge in [-0.1, -0.05) is 16.8 Å². The molecule has 1 aliphatic heterocycles. The molecule has 1 amide bonds. The second-order valence-electron chi connectivity index (χ2n) is 8.79. The van der Waals surface area contributed by atoms with Gasteiger partial charge in [0.25, 0.3) is 11.5 Å². The van der Waals surface area contributed by atoms with Crippen molar-refractivity contribution in [3.05, 3.63) is 82.1 Å². The topological polar surface area (TPSA) is 55.1 Å². The van der Waals surface area contributed by atoms with Crippen molar-refractivity contribution >= 4 is 34.8 Å². The molecule has 3 heterocycles. The minimum atomic E-state index is -5.17. The van der Waals surface area contributed by atoms with Crippen LogP contribution < -0.4 is 5.32 Å². The lowest BCUT2D eigenvalue weighted by Gasteiger charge is -2.30. The molecule has 0 bridgehead atoms. The molecule has 2 aromatic heterocycles. The fraction of sp³-hybridized carbons (Fsp3) is 0.280. The number of amides is 1. The molecule has 5 nitrogen and oxygen atoms in total. The van der Waals surface area contributed by atoms with Crippen LogP contribution in [0.5, 0.6) is 0 Å². The molecular formula is C25H17ClF9N3O2. The number of carbonyl (C=O) groups is 1. The lowest BCUT2D eigenvalue weighted by Crippen LogP contribution is -2.42. The highest BCUT2D eigenvalue weighted by atomic mass is 35.5. The largest absolute Gasteiger partial charge is 0.435 e. The van der Waals surface area contributed by atoms with Gasteiger partial charge in [-0.05, 0) is 54.6 Å². The van der Waals surface area contributed by atoms with Gasteiger partial charge in [-0.25, -0.2) is 0 Å². The fourth-order valence-electron chi connectivity index (χ4n) is 4.08. The molecule has 0 saturated carbocycles. The Morgan fingerprint density at radius 3 is 2.42 bits per heavy atom. The van der Waals surface area contributed by atoms with Crippen molar-refractivity contribution in [3.8, 4) is 0 Å². The first-order chi connectivity index (χ1) is 18.5. The molecule has 1 unspecified atom stereocenters. The molecule has 1 N–H and O–H groups in total. The zero-order chi connectivity index (χ0) is 29.5. The van der Waals surface area contributed by atoms with Crippen molar-refractivity contribution in [1.29, 1.82) is 0 Å². The number of rotatable bonds is 6. The second-order valence-corrected chi connectivity index (χ2v) is 9.23. The maximum absolute atomic E-state index is 14.2. The van der Waals surface area contributed by atoms with Gasteiger partial charge in [0.05, 0.1) is 28.8 Å². The molecule has 1 atom stereocenters. The van der Waals surface area contributed by atoms with Crippen molar-refractivity contribution in [2.75, 3.05) is 6.54 Å². The van der Waals surface area contributed by atoms with Crippen LogP contribution in [0.1, 0.15) is 40.0 Å². The first kappa shape index (κ1) is 29.3. The summed E-state index contributed by atoms with van der Waals surface area (Å²) >= 11 is 5.70. The number of nitrogens with one attached hydrogen (secondary N) is 1. The molecule has 40 heavy (non-hydrogen) atoms. The van der Waals surface area contributed by atoms with Gasteiger partial charge in [-0.15, -0.1) is 0 Å². The summed E-state index contributed by atoms with van der Waals surface area (Å²) in [5, 5.41) is 5.06. The van der Waals surface area contributed by atoms with Crippen LogP contribution in [0.2, 0.25) is 5.02 Å². The van der Waals surface area contributed by atoms with E-state index in [2.05, 4.69) is 10.5 Å². The molecule has 1 aliphatic rings. The Bertz CT molecular complexity index is 1490. The number of pyridine rings is 1. The third-order valence-corrected chi connectivity index (χ3v) is 6.23. The molecule has 0 radical (unpaired) electrons. The molecule has 0 fully saturated rings. The molecular weight excluding hydrogens is 581 g/mol. The number of halogens is 10. The molecule has 214 valence electrons. The van der Waals surface area contributed by atoms with Crippen LogP contribution in [-0.2, 0) is 16.6 Å². The Morgan fingerprint density at radius 1 is 1.05 bits per heavy atom. The van der Waals surface area contributed by atoms with Crippen molar-refractivity contribution in [2.45, 2.75) is 37.0 Å². The number of fused-ring (bicyclic) bond motifs is 1. The summed E-state index contributed by atoms with van der Waals surface area (Å²) in [4.78, 5) is 17.1. The van der Waals surface area contributed by atoms with E-state index in [1.54, 1.807) is 6.07 Å². The van der Waals surface area contributed by atoms with Crippen LogP contribution in [0.3, 0.4) is 0 Å². The molecule has 0 spiro atoms. The Morgan fingerprint density at radius 2 is 1.77 bits per heavy atom. The Kier molecular flexibility index (Phi) is 7.60. The SMILES string of the molecule is O=C(NCCC(F)(F)F)c1ccc(/C=C/C2=NOC(c3cc(Cl)cc(C(F)(F)F)c3)(C(F)(F)F)C2)n2cccc12. The first-order valence-corrected chi connectivity index (χ1v) is 11.7. The van der Waals surface area contributed by atoms with Crippen LogP contribution in [-0.4, -0.2) is 34.9 Å². The normalized spacial score (nSPS) is 18.3. The average Bonchev–Trinajstić information content (AvgIpc) is 3.49. The van der Waals surface area contributed by atoms with E-state index in [-0.39, 0.29) is 11.3 Å². The monoisotopic (exact) mass is 597 g/mol.